The zero-order valence-electron chi connectivity index (χ0n) is 20.6. The molecule has 4 nitrogen and oxygen atoms in total. The first-order valence-electron chi connectivity index (χ1n) is 12.8. The molecule has 0 radical (unpaired) electrons. The maximum Gasteiger partial charge on any atom is 0.306 e. The van der Waals surface area contributed by atoms with Crippen LogP contribution in [0.1, 0.15) is 143 Å². The third-order valence-corrected chi connectivity index (χ3v) is 5.56. The molecule has 0 rings (SSSR count). The quantitative estimate of drug-likeness (QED) is 0.191. The van der Waals surface area contributed by atoms with Crippen LogP contribution in [0, 0.1) is 11.8 Å². The summed E-state index contributed by atoms with van der Waals surface area (Å²) in [6.45, 7) is 8.79. The number of carbonyl (C=O) groups is 2. The van der Waals surface area contributed by atoms with Gasteiger partial charge in [0.25, 0.3) is 0 Å². The molecule has 1 unspecified atom stereocenters. The van der Waals surface area contributed by atoms with E-state index >= 15 is 0 Å². The number of hydrogen-bond acceptors (Lipinski definition) is 2. The molecule has 0 aromatic heterocycles. The molecule has 0 fully saturated rings. The minimum absolute atomic E-state index is 0.0955. The Kier molecular flexibility index (Phi) is 25.1. The van der Waals surface area contributed by atoms with Gasteiger partial charge in [-0.05, 0) is 25.2 Å². The van der Waals surface area contributed by atoms with E-state index in [-0.39, 0.29) is 5.92 Å². The topological polar surface area (TPSA) is 74.6 Å². The van der Waals surface area contributed by atoms with E-state index < -0.39 is 11.9 Å². The highest BCUT2D eigenvalue weighted by Gasteiger charge is 2.14. The van der Waals surface area contributed by atoms with Crippen LogP contribution in [0.25, 0.3) is 0 Å². The highest BCUT2D eigenvalue weighted by atomic mass is 16.4. The van der Waals surface area contributed by atoms with Crippen molar-refractivity contribution in [1.82, 2.24) is 0 Å². The molecule has 0 aliphatic rings. The summed E-state index contributed by atoms with van der Waals surface area (Å²) in [5.74, 6) is -0.514. The fourth-order valence-electron chi connectivity index (χ4n) is 3.62. The van der Waals surface area contributed by atoms with Crippen molar-refractivity contribution in [1.29, 1.82) is 0 Å². The van der Waals surface area contributed by atoms with E-state index in [0.717, 1.165) is 44.4 Å². The van der Waals surface area contributed by atoms with Crippen LogP contribution in [0.2, 0.25) is 0 Å². The maximum atomic E-state index is 10.8. The molecule has 0 aromatic rings. The summed E-state index contributed by atoms with van der Waals surface area (Å²) in [5.41, 5.74) is 0. The smallest absolute Gasteiger partial charge is 0.306 e. The molecule has 0 aromatic carbocycles. The molecular formula is C26H52O4. The lowest BCUT2D eigenvalue weighted by Gasteiger charge is -2.09. The lowest BCUT2D eigenvalue weighted by molar-refractivity contribution is -0.142. The summed E-state index contributed by atoms with van der Waals surface area (Å²) in [7, 11) is 0. The van der Waals surface area contributed by atoms with Gasteiger partial charge >= 0.3 is 11.9 Å². The van der Waals surface area contributed by atoms with Crippen LogP contribution in [0.15, 0.2) is 0 Å². The lowest BCUT2D eigenvalue weighted by atomic mass is 9.96. The molecule has 4 heteroatoms. The summed E-state index contributed by atoms with van der Waals surface area (Å²) in [5, 5.41) is 17.3. The number of carboxylic acids is 2. The van der Waals surface area contributed by atoms with Crippen molar-refractivity contribution >= 4 is 11.9 Å². The van der Waals surface area contributed by atoms with Gasteiger partial charge in [0, 0.05) is 6.42 Å². The Labute approximate surface area is 187 Å². The predicted molar refractivity (Wildman–Crippen MR) is 128 cm³/mol. The summed E-state index contributed by atoms with van der Waals surface area (Å²) in [6.07, 6.45) is 20.4. The number of unbranched alkanes of at least 4 members (excludes halogenated alkanes) is 11. The van der Waals surface area contributed by atoms with Gasteiger partial charge in [0.05, 0.1) is 5.92 Å². The largest absolute Gasteiger partial charge is 0.481 e. The number of rotatable bonds is 20. The Morgan fingerprint density at radius 1 is 0.600 bits per heavy atom. The fourth-order valence-corrected chi connectivity index (χ4v) is 3.62. The van der Waals surface area contributed by atoms with Crippen molar-refractivity contribution in [3.63, 3.8) is 0 Å². The van der Waals surface area contributed by atoms with Gasteiger partial charge in [0.15, 0.2) is 0 Å². The Morgan fingerprint density at radius 2 is 1.07 bits per heavy atom. The van der Waals surface area contributed by atoms with Crippen LogP contribution >= 0.6 is 0 Å². The van der Waals surface area contributed by atoms with E-state index in [4.69, 9.17) is 10.2 Å². The Hall–Kier alpha value is -1.06. The maximum absolute atomic E-state index is 10.8. The molecule has 0 amide bonds. The van der Waals surface area contributed by atoms with Gasteiger partial charge in [-0.25, -0.2) is 0 Å². The lowest BCUT2D eigenvalue weighted by Crippen LogP contribution is -2.13. The molecule has 1 atom stereocenters. The van der Waals surface area contributed by atoms with Crippen molar-refractivity contribution in [3.8, 4) is 0 Å². The first kappa shape index (κ1) is 31.1. The summed E-state index contributed by atoms with van der Waals surface area (Å²) >= 11 is 0. The van der Waals surface area contributed by atoms with Crippen LogP contribution < -0.4 is 0 Å². The Morgan fingerprint density at radius 3 is 1.50 bits per heavy atom. The van der Waals surface area contributed by atoms with E-state index in [1.165, 1.54) is 70.6 Å². The van der Waals surface area contributed by atoms with E-state index in [2.05, 4.69) is 20.8 Å². The minimum atomic E-state index is -0.657. The van der Waals surface area contributed by atoms with E-state index in [0.29, 0.717) is 6.42 Å². The minimum Gasteiger partial charge on any atom is -0.481 e. The van der Waals surface area contributed by atoms with Crippen LogP contribution in [-0.2, 0) is 9.59 Å². The summed E-state index contributed by atoms with van der Waals surface area (Å²) in [6, 6.07) is 0. The third kappa shape index (κ3) is 26.9. The number of carboxylic acid groups (broad SMARTS) is 2. The van der Waals surface area contributed by atoms with Crippen molar-refractivity contribution in [2.24, 2.45) is 11.8 Å². The molecule has 0 saturated carbocycles. The van der Waals surface area contributed by atoms with Crippen molar-refractivity contribution in [2.45, 2.75) is 143 Å². The molecule has 0 aliphatic heterocycles. The monoisotopic (exact) mass is 428 g/mol. The average molecular weight is 429 g/mol. The van der Waals surface area contributed by atoms with Crippen LogP contribution in [0.3, 0.4) is 0 Å². The first-order chi connectivity index (χ1) is 14.3. The molecule has 0 bridgehead atoms. The molecular weight excluding hydrogens is 376 g/mol. The number of hydrogen-bond donors (Lipinski definition) is 2. The molecule has 0 saturated heterocycles. The Balaban J connectivity index is 0. The second kappa shape index (κ2) is 24.2. The second-order valence-corrected chi connectivity index (χ2v) is 9.18. The Bertz CT molecular complexity index is 379. The molecule has 30 heavy (non-hydrogen) atoms. The van der Waals surface area contributed by atoms with Crippen molar-refractivity contribution in [3.05, 3.63) is 0 Å². The van der Waals surface area contributed by atoms with Gasteiger partial charge in [0.2, 0.25) is 0 Å². The van der Waals surface area contributed by atoms with Gasteiger partial charge in [0.1, 0.15) is 0 Å². The normalized spacial score (nSPS) is 11.8. The SMILES string of the molecule is CC(C)CCCCCCCCCCCC(=O)O.CCCCCCC(CCC)C(=O)O. The second-order valence-electron chi connectivity index (χ2n) is 9.18. The third-order valence-electron chi connectivity index (χ3n) is 5.56. The van der Waals surface area contributed by atoms with Gasteiger partial charge < -0.3 is 10.2 Å². The van der Waals surface area contributed by atoms with Gasteiger partial charge in [-0.1, -0.05) is 118 Å². The first-order valence-corrected chi connectivity index (χ1v) is 12.8. The van der Waals surface area contributed by atoms with Crippen molar-refractivity contribution < 1.29 is 19.8 Å². The average Bonchev–Trinajstić information content (AvgIpc) is 2.68. The van der Waals surface area contributed by atoms with E-state index in [9.17, 15) is 9.59 Å². The zero-order chi connectivity index (χ0) is 23.0. The fraction of sp³-hybridized carbons (Fsp3) is 0.923. The molecule has 180 valence electrons. The zero-order valence-corrected chi connectivity index (χ0v) is 20.6. The van der Waals surface area contributed by atoms with Gasteiger partial charge in [-0.3, -0.25) is 9.59 Å². The predicted octanol–water partition coefficient (Wildman–Crippen LogP) is 8.48. The van der Waals surface area contributed by atoms with Crippen molar-refractivity contribution in [2.75, 3.05) is 0 Å². The molecule has 0 aliphatic carbocycles. The molecule has 2 N–H and O–H groups in total. The summed E-state index contributed by atoms with van der Waals surface area (Å²) in [4.78, 5) is 21.0. The standard InChI is InChI=1S/C15H30O2.C11H22O2/c1-14(2)12-10-8-6-4-3-5-7-9-11-13-15(16)17;1-3-5-6-7-9-10(8-4-2)11(12)13/h14H,3-13H2,1-2H3,(H,16,17);10H,3-9H2,1-2H3,(H,12,13). The van der Waals surface area contributed by atoms with Crippen LogP contribution in [0.4, 0.5) is 0 Å². The molecule has 0 spiro atoms. The molecule has 0 heterocycles. The van der Waals surface area contributed by atoms with E-state index in [1.54, 1.807) is 0 Å². The van der Waals surface area contributed by atoms with Gasteiger partial charge in [-0.15, -0.1) is 0 Å². The van der Waals surface area contributed by atoms with Crippen LogP contribution in [-0.4, -0.2) is 22.2 Å². The number of aliphatic carboxylic acids is 2. The van der Waals surface area contributed by atoms with E-state index in [1.807, 2.05) is 6.92 Å². The van der Waals surface area contributed by atoms with Crippen LogP contribution in [0.5, 0.6) is 0 Å². The highest BCUT2D eigenvalue weighted by Crippen LogP contribution is 2.16. The highest BCUT2D eigenvalue weighted by molar-refractivity contribution is 5.69. The van der Waals surface area contributed by atoms with Gasteiger partial charge in [-0.2, -0.15) is 0 Å². The summed E-state index contributed by atoms with van der Waals surface area (Å²) < 4.78 is 0.